The standard InChI is InChI=1S/C35H30N2O7S/c1-4-15-42-34(41)32-21(3)36-35(45-32)37-29(23-11-8-12-26(18-23)43-19-22-9-6-5-7-10-22)28(31(39)33(37)40)30(38)24-13-14-27-25(17-24)16-20(2)44-27/h4-14,17-18,20,29,38H,1,15-16,19H2,2-3H3/b30-28+. The number of Topliss-reactive ketones (excluding diaryl/α,β-unsaturated/α-hetero) is 1. The Morgan fingerprint density at radius 2 is 1.93 bits per heavy atom. The smallest absolute Gasteiger partial charge is 0.350 e. The Kier molecular flexibility index (Phi) is 8.23. The zero-order chi connectivity index (χ0) is 31.7. The molecule has 0 aliphatic carbocycles. The second-order valence-corrected chi connectivity index (χ2v) is 11.7. The molecule has 1 amide bonds. The number of carbonyl (C=O) groups is 3. The fourth-order valence-corrected chi connectivity index (χ4v) is 6.45. The molecule has 1 saturated heterocycles. The van der Waals surface area contributed by atoms with Crippen molar-refractivity contribution in [1.29, 1.82) is 0 Å². The molecular weight excluding hydrogens is 592 g/mol. The predicted octanol–water partition coefficient (Wildman–Crippen LogP) is 6.32. The van der Waals surface area contributed by atoms with Gasteiger partial charge in [-0.05, 0) is 60.9 Å². The van der Waals surface area contributed by atoms with E-state index in [1.54, 1.807) is 49.4 Å². The van der Waals surface area contributed by atoms with Crippen LogP contribution in [0.4, 0.5) is 5.13 Å². The van der Waals surface area contributed by atoms with Crippen LogP contribution in [0.15, 0.2) is 91.0 Å². The lowest BCUT2D eigenvalue weighted by atomic mass is 9.94. The lowest BCUT2D eigenvalue weighted by Crippen LogP contribution is -2.29. The summed E-state index contributed by atoms with van der Waals surface area (Å²) >= 11 is 0.938. The molecule has 3 heterocycles. The third kappa shape index (κ3) is 5.84. The molecule has 1 aromatic heterocycles. The number of esters is 1. The van der Waals surface area contributed by atoms with E-state index in [-0.39, 0.29) is 34.1 Å². The van der Waals surface area contributed by atoms with Crippen molar-refractivity contribution in [3.63, 3.8) is 0 Å². The Labute approximate surface area is 264 Å². The zero-order valence-electron chi connectivity index (χ0n) is 24.7. The number of ketones is 1. The number of fused-ring (bicyclic) bond motifs is 1. The van der Waals surface area contributed by atoms with Crippen LogP contribution >= 0.6 is 11.3 Å². The summed E-state index contributed by atoms with van der Waals surface area (Å²) in [6.07, 6.45) is 2.09. The van der Waals surface area contributed by atoms with E-state index in [2.05, 4.69) is 11.6 Å². The first-order valence-corrected chi connectivity index (χ1v) is 15.2. The van der Waals surface area contributed by atoms with Crippen molar-refractivity contribution < 1.29 is 33.7 Å². The second-order valence-electron chi connectivity index (χ2n) is 10.8. The Morgan fingerprint density at radius 1 is 1.13 bits per heavy atom. The third-order valence-corrected chi connectivity index (χ3v) is 8.68. The highest BCUT2D eigenvalue weighted by Gasteiger charge is 2.48. The van der Waals surface area contributed by atoms with E-state index in [0.717, 1.165) is 22.5 Å². The van der Waals surface area contributed by atoms with Crippen molar-refractivity contribution in [2.45, 2.75) is 39.0 Å². The van der Waals surface area contributed by atoms with Crippen molar-refractivity contribution in [1.82, 2.24) is 4.98 Å². The maximum atomic E-state index is 13.7. The summed E-state index contributed by atoms with van der Waals surface area (Å²) < 4.78 is 17.1. The quantitative estimate of drug-likeness (QED) is 0.0758. The van der Waals surface area contributed by atoms with Crippen molar-refractivity contribution in [3.05, 3.63) is 124 Å². The first kappa shape index (κ1) is 29.8. The number of aryl methyl sites for hydroxylation is 1. The van der Waals surface area contributed by atoms with Gasteiger partial charge in [-0.15, -0.1) is 0 Å². The molecule has 3 aromatic carbocycles. The molecule has 228 valence electrons. The van der Waals surface area contributed by atoms with Crippen molar-refractivity contribution in [2.24, 2.45) is 0 Å². The normalized spacial score (nSPS) is 18.4. The summed E-state index contributed by atoms with van der Waals surface area (Å²) in [5.41, 5.74) is 3.01. The molecule has 0 radical (unpaired) electrons. The van der Waals surface area contributed by atoms with Crippen molar-refractivity contribution >= 4 is 39.9 Å². The minimum atomic E-state index is -1.06. The topological polar surface area (TPSA) is 115 Å². The van der Waals surface area contributed by atoms with Gasteiger partial charge >= 0.3 is 11.9 Å². The largest absolute Gasteiger partial charge is 0.507 e. The number of carbonyl (C=O) groups excluding carboxylic acids is 3. The number of rotatable bonds is 9. The minimum absolute atomic E-state index is 0.0103. The molecule has 2 atom stereocenters. The number of anilines is 1. The van der Waals surface area contributed by atoms with Crippen LogP contribution in [0.1, 0.15) is 50.6 Å². The average Bonchev–Trinajstić information content (AvgIpc) is 3.70. The number of hydrogen-bond acceptors (Lipinski definition) is 9. The van der Waals surface area contributed by atoms with Gasteiger partial charge in [0.25, 0.3) is 5.78 Å². The van der Waals surface area contributed by atoms with Gasteiger partial charge in [-0.25, -0.2) is 9.78 Å². The van der Waals surface area contributed by atoms with E-state index >= 15 is 0 Å². The molecule has 1 N–H and O–H groups in total. The SMILES string of the molecule is C=CCOC(=O)c1sc(N2C(=O)C(=O)/C(=C(/O)c3ccc4c(c3)CC(C)O4)C2c2cccc(OCc3ccccc3)c2)nc1C. The second kappa shape index (κ2) is 12.4. The lowest BCUT2D eigenvalue weighted by Gasteiger charge is -2.23. The van der Waals surface area contributed by atoms with E-state index in [9.17, 15) is 19.5 Å². The molecule has 10 heteroatoms. The third-order valence-electron chi connectivity index (χ3n) is 7.55. The number of aromatic nitrogens is 1. The summed E-state index contributed by atoms with van der Waals surface area (Å²) in [5, 5.41) is 11.8. The van der Waals surface area contributed by atoms with Crippen LogP contribution in [-0.2, 0) is 27.4 Å². The number of benzene rings is 3. The maximum absolute atomic E-state index is 13.7. The molecule has 2 aliphatic heterocycles. The average molecular weight is 623 g/mol. The van der Waals surface area contributed by atoms with Gasteiger partial charge in [0.2, 0.25) is 0 Å². The first-order chi connectivity index (χ1) is 21.7. The molecule has 45 heavy (non-hydrogen) atoms. The predicted molar refractivity (Wildman–Crippen MR) is 170 cm³/mol. The fraction of sp³-hybridized carbons (Fsp3) is 0.200. The molecule has 0 spiro atoms. The maximum Gasteiger partial charge on any atom is 0.350 e. The summed E-state index contributed by atoms with van der Waals surface area (Å²) in [6, 6.07) is 20.8. The molecule has 9 nitrogen and oxygen atoms in total. The van der Waals surface area contributed by atoms with Crippen LogP contribution in [0.25, 0.3) is 5.76 Å². The Bertz CT molecular complexity index is 1850. The van der Waals surface area contributed by atoms with E-state index in [1.165, 1.54) is 11.0 Å². The number of aliphatic hydroxyl groups excluding tert-OH is 1. The number of nitrogens with zero attached hydrogens (tertiary/aromatic N) is 2. The molecule has 2 aliphatic rings. The van der Waals surface area contributed by atoms with Crippen LogP contribution in [0.5, 0.6) is 11.5 Å². The van der Waals surface area contributed by atoms with Crippen molar-refractivity contribution in [3.8, 4) is 11.5 Å². The molecule has 4 aromatic rings. The number of amides is 1. The van der Waals surface area contributed by atoms with Gasteiger partial charge in [0.05, 0.1) is 17.3 Å². The summed E-state index contributed by atoms with van der Waals surface area (Å²) in [4.78, 5) is 46.1. The van der Waals surface area contributed by atoms with Gasteiger partial charge in [0.1, 0.15) is 41.5 Å². The number of hydrogen-bond donors (Lipinski definition) is 1. The monoisotopic (exact) mass is 622 g/mol. The summed E-state index contributed by atoms with van der Waals surface area (Å²) in [5.74, 6) is -1.46. The number of thiazole rings is 1. The molecule has 0 saturated carbocycles. The van der Waals surface area contributed by atoms with E-state index < -0.39 is 23.7 Å². The van der Waals surface area contributed by atoms with Crippen LogP contribution in [0.3, 0.4) is 0 Å². The van der Waals surface area contributed by atoms with Gasteiger partial charge in [-0.3, -0.25) is 14.5 Å². The molecule has 0 bridgehead atoms. The Hall–Kier alpha value is -5.22. The highest BCUT2D eigenvalue weighted by Crippen LogP contribution is 2.45. The number of ether oxygens (including phenoxy) is 3. The van der Waals surface area contributed by atoms with Gasteiger partial charge in [-0.1, -0.05) is 66.5 Å². The summed E-state index contributed by atoms with van der Waals surface area (Å²) in [6.45, 7) is 7.46. The van der Waals surface area contributed by atoms with Crippen LogP contribution in [0, 0.1) is 6.92 Å². The zero-order valence-corrected chi connectivity index (χ0v) is 25.5. The molecule has 1 fully saturated rings. The highest BCUT2D eigenvalue weighted by atomic mass is 32.1. The Morgan fingerprint density at radius 3 is 2.71 bits per heavy atom. The van der Waals surface area contributed by atoms with Gasteiger partial charge < -0.3 is 19.3 Å². The summed E-state index contributed by atoms with van der Waals surface area (Å²) in [7, 11) is 0. The fourth-order valence-electron chi connectivity index (χ4n) is 5.46. The van der Waals surface area contributed by atoms with E-state index in [4.69, 9.17) is 14.2 Å². The molecule has 6 rings (SSSR count). The minimum Gasteiger partial charge on any atom is -0.507 e. The van der Waals surface area contributed by atoms with Gasteiger partial charge in [0, 0.05) is 12.0 Å². The van der Waals surface area contributed by atoms with Crippen LogP contribution in [-0.4, -0.2) is 40.5 Å². The van der Waals surface area contributed by atoms with Crippen LogP contribution < -0.4 is 14.4 Å². The highest BCUT2D eigenvalue weighted by molar-refractivity contribution is 7.17. The first-order valence-electron chi connectivity index (χ1n) is 14.4. The van der Waals surface area contributed by atoms with Crippen LogP contribution in [0.2, 0.25) is 0 Å². The molecule has 2 unspecified atom stereocenters. The molecular formula is C35H30N2O7S. The van der Waals surface area contributed by atoms with Crippen molar-refractivity contribution in [2.75, 3.05) is 11.5 Å². The van der Waals surface area contributed by atoms with Gasteiger partial charge in [0.15, 0.2) is 5.13 Å². The number of aliphatic hydroxyl groups is 1. The van der Waals surface area contributed by atoms with Gasteiger partial charge in [-0.2, -0.15) is 0 Å². The lowest BCUT2D eigenvalue weighted by molar-refractivity contribution is -0.132. The van der Waals surface area contributed by atoms with E-state index in [0.29, 0.717) is 41.3 Å². The Balaban J connectivity index is 1.44. The van der Waals surface area contributed by atoms with E-state index in [1.807, 2.05) is 37.3 Å².